The highest BCUT2D eigenvalue weighted by Crippen LogP contribution is 2.39. The van der Waals surface area contributed by atoms with E-state index in [1.807, 2.05) is 13.8 Å². The molecule has 0 aliphatic carbocycles. The Morgan fingerprint density at radius 1 is 1.17 bits per heavy atom. The van der Waals surface area contributed by atoms with Crippen molar-refractivity contribution in [1.29, 1.82) is 0 Å². The van der Waals surface area contributed by atoms with Gasteiger partial charge in [0, 0.05) is 18.3 Å². The molecule has 96 valence electrons. The van der Waals surface area contributed by atoms with Gasteiger partial charge in [-0.15, -0.1) is 0 Å². The highest BCUT2D eigenvalue weighted by molar-refractivity contribution is 5.62. The Morgan fingerprint density at radius 3 is 2.72 bits per heavy atom. The first-order valence-corrected chi connectivity index (χ1v) is 7.04. The molecule has 0 spiro atoms. The zero-order valence-electron chi connectivity index (χ0n) is 11.7. The number of para-hydroxylation sites is 1. The smallest absolute Gasteiger partial charge is 0.0405 e. The van der Waals surface area contributed by atoms with Crippen LogP contribution in [0, 0.1) is 0 Å². The van der Waals surface area contributed by atoms with Crippen molar-refractivity contribution in [1.82, 2.24) is 0 Å². The molecule has 0 amide bonds. The van der Waals surface area contributed by atoms with Crippen molar-refractivity contribution in [2.75, 3.05) is 11.4 Å². The molecule has 1 atom stereocenters. The molecule has 2 aliphatic rings. The maximum atomic E-state index is 2.56. The average Bonchev–Trinajstić information content (AvgIpc) is 2.95. The van der Waals surface area contributed by atoms with E-state index in [9.17, 15) is 0 Å². The van der Waals surface area contributed by atoms with Gasteiger partial charge in [-0.3, -0.25) is 0 Å². The van der Waals surface area contributed by atoms with Crippen LogP contribution >= 0.6 is 0 Å². The summed E-state index contributed by atoms with van der Waals surface area (Å²) in [5, 5.41) is 0. The second-order valence-electron chi connectivity index (χ2n) is 4.67. The zero-order valence-corrected chi connectivity index (χ0v) is 11.7. The van der Waals surface area contributed by atoms with Gasteiger partial charge < -0.3 is 4.90 Å². The topological polar surface area (TPSA) is 3.24 Å². The molecule has 18 heavy (non-hydrogen) atoms. The monoisotopic (exact) mass is 241 g/mol. The highest BCUT2D eigenvalue weighted by atomic mass is 15.2. The van der Waals surface area contributed by atoms with Crippen molar-refractivity contribution in [3.8, 4) is 0 Å². The molecular weight excluding hydrogens is 218 g/mol. The summed E-state index contributed by atoms with van der Waals surface area (Å²) in [7, 11) is 0. The van der Waals surface area contributed by atoms with Crippen molar-refractivity contribution in [3.63, 3.8) is 0 Å². The molecule has 1 aromatic carbocycles. The Bertz CT molecular complexity index is 456. The Balaban J connectivity index is 0.000000574. The lowest BCUT2D eigenvalue weighted by Gasteiger charge is -2.17. The molecule has 1 heteroatoms. The minimum absolute atomic E-state index is 0.717. The molecule has 1 saturated heterocycles. The summed E-state index contributed by atoms with van der Waals surface area (Å²) in [6.07, 6.45) is 9.00. The van der Waals surface area contributed by atoms with Gasteiger partial charge in [0.25, 0.3) is 0 Å². The third-order valence-electron chi connectivity index (χ3n) is 3.59. The van der Waals surface area contributed by atoms with Gasteiger partial charge in [0.15, 0.2) is 0 Å². The van der Waals surface area contributed by atoms with Gasteiger partial charge in [0.2, 0.25) is 0 Å². The van der Waals surface area contributed by atoms with Crippen LogP contribution in [0.4, 0.5) is 5.69 Å². The summed E-state index contributed by atoms with van der Waals surface area (Å²) in [4.78, 5) is 2.56. The SMILES string of the molecule is C/C=C\C=C1\CC2Cc3ccccc3N2C1.CC. The largest absolute Gasteiger partial charge is 0.364 e. The number of benzene rings is 1. The Kier molecular flexibility index (Phi) is 4.24. The predicted octanol–water partition coefficient (Wildman–Crippen LogP) is 4.35. The maximum Gasteiger partial charge on any atom is 0.0405 e. The first-order chi connectivity index (χ1) is 8.88. The first-order valence-electron chi connectivity index (χ1n) is 7.04. The van der Waals surface area contributed by atoms with Crippen LogP contribution in [-0.2, 0) is 6.42 Å². The molecular formula is C17H23N. The third-order valence-corrected chi connectivity index (χ3v) is 3.59. The predicted molar refractivity (Wildman–Crippen MR) is 80.1 cm³/mol. The summed E-state index contributed by atoms with van der Waals surface area (Å²) in [5.74, 6) is 0. The van der Waals surface area contributed by atoms with E-state index >= 15 is 0 Å². The molecule has 0 aromatic heterocycles. The normalized spacial score (nSPS) is 22.9. The van der Waals surface area contributed by atoms with Gasteiger partial charge in [-0.2, -0.15) is 0 Å². The van der Waals surface area contributed by atoms with E-state index in [1.54, 1.807) is 5.57 Å². The minimum atomic E-state index is 0.717. The molecule has 1 unspecified atom stereocenters. The zero-order chi connectivity index (χ0) is 13.0. The molecule has 1 nitrogen and oxygen atoms in total. The molecule has 1 fully saturated rings. The second-order valence-corrected chi connectivity index (χ2v) is 4.67. The van der Waals surface area contributed by atoms with Crippen LogP contribution in [-0.4, -0.2) is 12.6 Å². The number of rotatable bonds is 1. The lowest BCUT2D eigenvalue weighted by molar-refractivity contribution is 0.720. The van der Waals surface area contributed by atoms with Gasteiger partial charge in [-0.25, -0.2) is 0 Å². The van der Waals surface area contributed by atoms with Gasteiger partial charge in [0.1, 0.15) is 0 Å². The Morgan fingerprint density at radius 2 is 1.94 bits per heavy atom. The third kappa shape index (κ3) is 2.35. The van der Waals surface area contributed by atoms with Crippen molar-refractivity contribution >= 4 is 5.69 Å². The van der Waals surface area contributed by atoms with Crippen LogP contribution in [0.2, 0.25) is 0 Å². The number of nitrogens with zero attached hydrogens (tertiary/aromatic N) is 1. The number of anilines is 1. The summed E-state index contributed by atoms with van der Waals surface area (Å²) < 4.78 is 0. The number of allylic oxidation sites excluding steroid dienone is 3. The van der Waals surface area contributed by atoms with Gasteiger partial charge in [-0.1, -0.05) is 50.3 Å². The molecule has 0 radical (unpaired) electrons. The standard InChI is InChI=1S/C15H17N.C2H6/c1-2-3-6-12-9-14-10-13-7-4-5-8-15(13)16(14)11-12;1-2/h2-8,14H,9-11H2,1H3;1-2H3/b3-2-,12-6-;. The Hall–Kier alpha value is -1.50. The van der Waals surface area contributed by atoms with Crippen LogP contribution in [0.1, 0.15) is 32.8 Å². The number of hydrogen-bond acceptors (Lipinski definition) is 1. The molecule has 3 rings (SSSR count). The quantitative estimate of drug-likeness (QED) is 0.706. The lowest BCUT2D eigenvalue weighted by Crippen LogP contribution is -2.24. The van der Waals surface area contributed by atoms with Gasteiger partial charge >= 0.3 is 0 Å². The van der Waals surface area contributed by atoms with E-state index in [-0.39, 0.29) is 0 Å². The van der Waals surface area contributed by atoms with Crippen molar-refractivity contribution in [3.05, 3.63) is 53.6 Å². The second kappa shape index (κ2) is 5.90. The molecule has 0 saturated carbocycles. The van der Waals surface area contributed by atoms with Gasteiger partial charge in [-0.05, 0) is 37.0 Å². The first kappa shape index (κ1) is 12.9. The van der Waals surface area contributed by atoms with Crippen LogP contribution in [0.5, 0.6) is 0 Å². The lowest BCUT2D eigenvalue weighted by atomic mass is 10.0. The average molecular weight is 241 g/mol. The van der Waals surface area contributed by atoms with Crippen molar-refractivity contribution in [2.45, 2.75) is 39.7 Å². The van der Waals surface area contributed by atoms with E-state index in [0.29, 0.717) is 6.04 Å². The Labute approximate surface area is 111 Å². The number of hydrogen-bond donors (Lipinski definition) is 0. The summed E-state index contributed by atoms with van der Waals surface area (Å²) >= 11 is 0. The fourth-order valence-corrected chi connectivity index (χ4v) is 2.86. The van der Waals surface area contributed by atoms with E-state index < -0.39 is 0 Å². The van der Waals surface area contributed by atoms with Crippen LogP contribution in [0.15, 0.2) is 48.1 Å². The van der Waals surface area contributed by atoms with Crippen molar-refractivity contribution < 1.29 is 0 Å². The molecule has 0 bridgehead atoms. The summed E-state index contributed by atoms with van der Waals surface area (Å²) in [5.41, 5.74) is 4.55. The molecule has 2 heterocycles. The van der Waals surface area contributed by atoms with E-state index in [2.05, 4.69) is 54.3 Å². The summed E-state index contributed by atoms with van der Waals surface area (Å²) in [6.45, 7) is 7.19. The highest BCUT2D eigenvalue weighted by Gasteiger charge is 2.34. The van der Waals surface area contributed by atoms with E-state index in [1.165, 1.54) is 24.1 Å². The van der Waals surface area contributed by atoms with Crippen LogP contribution in [0.3, 0.4) is 0 Å². The molecule has 2 aliphatic heterocycles. The fourth-order valence-electron chi connectivity index (χ4n) is 2.86. The van der Waals surface area contributed by atoms with E-state index in [0.717, 1.165) is 6.54 Å². The molecule has 1 aromatic rings. The fraction of sp³-hybridized carbons (Fsp3) is 0.412. The minimum Gasteiger partial charge on any atom is -0.364 e. The number of fused-ring (bicyclic) bond motifs is 3. The van der Waals surface area contributed by atoms with Crippen LogP contribution < -0.4 is 4.90 Å². The van der Waals surface area contributed by atoms with Crippen LogP contribution in [0.25, 0.3) is 0 Å². The maximum absolute atomic E-state index is 2.56. The van der Waals surface area contributed by atoms with Gasteiger partial charge in [0.05, 0.1) is 0 Å². The summed E-state index contributed by atoms with van der Waals surface area (Å²) in [6, 6.07) is 9.54. The molecule has 0 N–H and O–H groups in total. The van der Waals surface area contributed by atoms with E-state index in [4.69, 9.17) is 0 Å². The van der Waals surface area contributed by atoms with Crippen molar-refractivity contribution in [2.24, 2.45) is 0 Å².